The SMILES string of the molecule is c1ccc2cc3c(cc2c1)oc1c(-c2ccc4c(c2)-c2cccc5cccc(c25)O4)ccc(-c2ccc4ccc5cccc6ccc2c4c56)c13. The van der Waals surface area contributed by atoms with E-state index in [1.807, 2.05) is 0 Å². The molecule has 0 amide bonds. The van der Waals surface area contributed by atoms with Crippen molar-refractivity contribution >= 4 is 75.8 Å². The van der Waals surface area contributed by atoms with Crippen LogP contribution >= 0.6 is 0 Å². The van der Waals surface area contributed by atoms with Crippen LogP contribution in [0.1, 0.15) is 0 Å². The molecule has 0 fully saturated rings. The van der Waals surface area contributed by atoms with Crippen molar-refractivity contribution in [3.05, 3.63) is 158 Å². The molecule has 0 saturated heterocycles. The normalized spacial score (nSPS) is 12.6. The average Bonchev–Trinajstić information content (AvgIpc) is 3.54. The minimum atomic E-state index is 0.873. The lowest BCUT2D eigenvalue weighted by molar-refractivity contribution is 0.487. The Balaban J connectivity index is 1.16. The molecule has 12 rings (SSSR count). The molecule has 0 saturated carbocycles. The second kappa shape index (κ2) is 9.49. The van der Waals surface area contributed by atoms with Crippen LogP contribution in [0.25, 0.3) is 109 Å². The van der Waals surface area contributed by atoms with Gasteiger partial charge >= 0.3 is 0 Å². The Bertz CT molecular complexity index is 3210. The van der Waals surface area contributed by atoms with Gasteiger partial charge in [-0.25, -0.2) is 0 Å². The smallest absolute Gasteiger partial charge is 0.143 e. The molecule has 230 valence electrons. The number of benzene rings is 10. The van der Waals surface area contributed by atoms with E-state index in [9.17, 15) is 0 Å². The van der Waals surface area contributed by atoms with Gasteiger partial charge in [0.1, 0.15) is 22.7 Å². The van der Waals surface area contributed by atoms with Gasteiger partial charge in [-0.15, -0.1) is 0 Å². The Hall–Kier alpha value is -6.64. The van der Waals surface area contributed by atoms with E-state index < -0.39 is 0 Å². The number of furan rings is 1. The fourth-order valence-corrected chi connectivity index (χ4v) is 8.72. The summed E-state index contributed by atoms with van der Waals surface area (Å²) in [5.74, 6) is 1.78. The Morgan fingerprint density at radius 1 is 0.320 bits per heavy atom. The summed E-state index contributed by atoms with van der Waals surface area (Å²) in [6.07, 6.45) is 0. The van der Waals surface area contributed by atoms with Crippen LogP contribution in [0.4, 0.5) is 0 Å². The van der Waals surface area contributed by atoms with Crippen molar-refractivity contribution in [3.8, 4) is 44.9 Å². The molecule has 0 unspecified atom stereocenters. The van der Waals surface area contributed by atoms with Crippen LogP contribution in [0, 0.1) is 0 Å². The van der Waals surface area contributed by atoms with Crippen LogP contribution in [0.2, 0.25) is 0 Å². The van der Waals surface area contributed by atoms with Crippen LogP contribution in [0.5, 0.6) is 11.5 Å². The first-order valence-corrected chi connectivity index (χ1v) is 17.2. The van der Waals surface area contributed by atoms with E-state index >= 15 is 0 Å². The van der Waals surface area contributed by atoms with Gasteiger partial charge < -0.3 is 9.15 Å². The minimum Gasteiger partial charge on any atom is -0.456 e. The number of hydrogen-bond acceptors (Lipinski definition) is 2. The summed E-state index contributed by atoms with van der Waals surface area (Å²) < 4.78 is 13.4. The lowest BCUT2D eigenvalue weighted by Gasteiger charge is -2.22. The first kappa shape index (κ1) is 26.3. The Morgan fingerprint density at radius 2 is 0.960 bits per heavy atom. The lowest BCUT2D eigenvalue weighted by atomic mass is 9.87. The minimum absolute atomic E-state index is 0.873. The first-order chi connectivity index (χ1) is 24.8. The summed E-state index contributed by atoms with van der Waals surface area (Å²) in [5.41, 5.74) is 8.63. The van der Waals surface area contributed by atoms with E-state index in [-0.39, 0.29) is 0 Å². The molecule has 1 aromatic heterocycles. The van der Waals surface area contributed by atoms with E-state index in [0.717, 1.165) is 55.5 Å². The highest BCUT2D eigenvalue weighted by Gasteiger charge is 2.24. The van der Waals surface area contributed by atoms with E-state index in [1.54, 1.807) is 0 Å². The highest BCUT2D eigenvalue weighted by molar-refractivity contribution is 6.28. The fourth-order valence-electron chi connectivity index (χ4n) is 8.72. The second-order valence-corrected chi connectivity index (χ2v) is 13.6. The molecule has 0 radical (unpaired) electrons. The highest BCUT2D eigenvalue weighted by atomic mass is 16.5. The quantitative estimate of drug-likeness (QED) is 0.177. The zero-order valence-electron chi connectivity index (χ0n) is 26.8. The summed E-state index contributed by atoms with van der Waals surface area (Å²) in [6, 6.07) is 57.2. The van der Waals surface area contributed by atoms with Crippen LogP contribution < -0.4 is 4.74 Å². The van der Waals surface area contributed by atoms with Crippen LogP contribution in [0.15, 0.2) is 162 Å². The summed E-state index contributed by atoms with van der Waals surface area (Å²) in [6.45, 7) is 0. The largest absolute Gasteiger partial charge is 0.456 e. The predicted molar refractivity (Wildman–Crippen MR) is 209 cm³/mol. The van der Waals surface area contributed by atoms with E-state index in [4.69, 9.17) is 9.15 Å². The van der Waals surface area contributed by atoms with Crippen LogP contribution in [-0.4, -0.2) is 0 Å². The standard InChI is InChI=1S/C48H26O2/c1-2-7-32-26-43-40(24-31(32)6-1)47-38(35-19-16-30-15-14-28-8-3-9-29-17-20-37(35)46(30)44(28)29)22-21-34(48(47)50-43)33-18-23-41-39(25-33)36-12-4-10-27-11-5-13-42(49-41)45(27)36/h1-26H. The van der Waals surface area contributed by atoms with Crippen molar-refractivity contribution in [3.63, 3.8) is 0 Å². The van der Waals surface area contributed by atoms with Gasteiger partial charge in [-0.1, -0.05) is 121 Å². The number of fused-ring (bicyclic) bond motifs is 6. The third kappa shape index (κ3) is 3.47. The van der Waals surface area contributed by atoms with Crippen molar-refractivity contribution in [1.82, 2.24) is 0 Å². The summed E-state index contributed by atoms with van der Waals surface area (Å²) in [4.78, 5) is 0. The molecule has 0 bridgehead atoms. The Labute approximate surface area is 286 Å². The van der Waals surface area contributed by atoms with Crippen molar-refractivity contribution in [2.24, 2.45) is 0 Å². The summed E-state index contributed by atoms with van der Waals surface area (Å²) >= 11 is 0. The van der Waals surface area contributed by atoms with Crippen molar-refractivity contribution in [2.75, 3.05) is 0 Å². The van der Waals surface area contributed by atoms with E-state index in [0.29, 0.717) is 0 Å². The molecular formula is C48H26O2. The monoisotopic (exact) mass is 634 g/mol. The van der Waals surface area contributed by atoms with Crippen LogP contribution in [0.3, 0.4) is 0 Å². The molecule has 10 aromatic carbocycles. The van der Waals surface area contributed by atoms with Crippen molar-refractivity contribution < 1.29 is 9.15 Å². The maximum absolute atomic E-state index is 6.96. The van der Waals surface area contributed by atoms with E-state index in [1.165, 1.54) is 65.2 Å². The average molecular weight is 635 g/mol. The molecular weight excluding hydrogens is 609 g/mol. The summed E-state index contributed by atoms with van der Waals surface area (Å²) in [7, 11) is 0. The molecule has 0 spiro atoms. The molecule has 0 N–H and O–H groups in total. The maximum atomic E-state index is 6.96. The van der Waals surface area contributed by atoms with Gasteiger partial charge in [0.15, 0.2) is 0 Å². The Kier molecular flexibility index (Phi) is 5.00. The van der Waals surface area contributed by atoms with Gasteiger partial charge in [-0.2, -0.15) is 0 Å². The topological polar surface area (TPSA) is 22.4 Å². The molecule has 2 heteroatoms. The summed E-state index contributed by atoms with van der Waals surface area (Å²) in [5, 5.41) is 14.7. The first-order valence-electron chi connectivity index (χ1n) is 17.2. The van der Waals surface area contributed by atoms with Crippen LogP contribution in [-0.2, 0) is 0 Å². The molecule has 2 heterocycles. The van der Waals surface area contributed by atoms with Gasteiger partial charge in [-0.3, -0.25) is 0 Å². The van der Waals surface area contributed by atoms with Gasteiger partial charge in [0.25, 0.3) is 0 Å². The molecule has 2 nitrogen and oxygen atoms in total. The van der Waals surface area contributed by atoms with Gasteiger partial charge in [0.2, 0.25) is 0 Å². The molecule has 0 atom stereocenters. The Morgan fingerprint density at radius 3 is 1.82 bits per heavy atom. The number of hydrogen-bond donors (Lipinski definition) is 0. The van der Waals surface area contributed by atoms with Crippen molar-refractivity contribution in [1.29, 1.82) is 0 Å². The molecule has 50 heavy (non-hydrogen) atoms. The third-order valence-corrected chi connectivity index (χ3v) is 11.0. The number of ether oxygens (including phenoxy) is 1. The lowest BCUT2D eigenvalue weighted by Crippen LogP contribution is -1.97. The molecule has 0 aliphatic carbocycles. The van der Waals surface area contributed by atoms with Crippen molar-refractivity contribution in [2.45, 2.75) is 0 Å². The predicted octanol–water partition coefficient (Wildman–Crippen LogP) is 13.9. The zero-order valence-corrected chi connectivity index (χ0v) is 26.8. The third-order valence-electron chi connectivity index (χ3n) is 11.0. The maximum Gasteiger partial charge on any atom is 0.143 e. The second-order valence-electron chi connectivity index (χ2n) is 13.6. The highest BCUT2D eigenvalue weighted by Crippen LogP contribution is 2.50. The van der Waals surface area contributed by atoms with Gasteiger partial charge in [0.05, 0.1) is 0 Å². The van der Waals surface area contributed by atoms with Gasteiger partial charge in [-0.05, 0) is 107 Å². The fraction of sp³-hybridized carbons (Fsp3) is 0. The zero-order chi connectivity index (χ0) is 32.5. The molecule has 1 aliphatic rings. The number of rotatable bonds is 2. The van der Waals surface area contributed by atoms with Gasteiger partial charge in [0, 0.05) is 27.3 Å². The molecule has 1 aliphatic heterocycles. The van der Waals surface area contributed by atoms with E-state index in [2.05, 4.69) is 158 Å². The molecule has 11 aromatic rings.